The molecule has 4 unspecified atom stereocenters. The van der Waals surface area contributed by atoms with Crippen LogP contribution in [-0.2, 0) is 4.74 Å². The molecule has 0 amide bonds. The number of halogens is 2. The number of hydrogen-bond acceptors (Lipinski definition) is 7. The van der Waals surface area contributed by atoms with Gasteiger partial charge < -0.3 is 25.8 Å². The third-order valence-electron chi connectivity index (χ3n) is 3.76. The number of rotatable bonds is 2. The summed E-state index contributed by atoms with van der Waals surface area (Å²) in [5.74, 6) is -0.0176. The average molecular weight is 326 g/mol. The van der Waals surface area contributed by atoms with Crippen LogP contribution in [0.5, 0.6) is 5.88 Å². The van der Waals surface area contributed by atoms with Gasteiger partial charge in [-0.25, -0.2) is 8.78 Å². The molecule has 1 fully saturated rings. The van der Waals surface area contributed by atoms with Crippen LogP contribution >= 0.6 is 0 Å². The number of alkyl halides is 1. The smallest absolute Gasteiger partial charge is 0.228 e. The number of terminal acetylenes is 1. The van der Waals surface area contributed by atoms with Crippen LogP contribution in [0.4, 0.5) is 14.7 Å². The Kier molecular flexibility index (Phi) is 3.36. The van der Waals surface area contributed by atoms with Crippen molar-refractivity contribution in [3.63, 3.8) is 0 Å². The number of ether oxygens (including phenoxy) is 1. The minimum absolute atomic E-state index is 0.238. The lowest BCUT2D eigenvalue weighted by Crippen LogP contribution is -2.44. The van der Waals surface area contributed by atoms with E-state index in [9.17, 15) is 24.1 Å². The van der Waals surface area contributed by atoms with Crippen LogP contribution in [0.1, 0.15) is 6.23 Å². The second-order valence-electron chi connectivity index (χ2n) is 5.08. The van der Waals surface area contributed by atoms with E-state index in [0.717, 1.165) is 10.8 Å². The second-order valence-corrected chi connectivity index (χ2v) is 5.08. The van der Waals surface area contributed by atoms with Crippen molar-refractivity contribution in [1.29, 1.82) is 0 Å². The maximum atomic E-state index is 14.4. The summed E-state index contributed by atoms with van der Waals surface area (Å²) in [5, 5.41) is 28.5. The first-order valence-electron chi connectivity index (χ1n) is 6.45. The molecular weight excluding hydrogens is 314 g/mol. The highest BCUT2D eigenvalue weighted by molar-refractivity contribution is 5.83. The van der Waals surface area contributed by atoms with Crippen molar-refractivity contribution in [2.75, 3.05) is 12.3 Å². The highest BCUT2D eigenvalue weighted by atomic mass is 19.1. The summed E-state index contributed by atoms with van der Waals surface area (Å²) < 4.78 is 34.6. The Hall–Kier alpha value is -2.48. The highest BCUT2D eigenvalue weighted by Gasteiger charge is 2.55. The van der Waals surface area contributed by atoms with Crippen LogP contribution in [0.25, 0.3) is 11.0 Å². The summed E-state index contributed by atoms with van der Waals surface area (Å²) in [6, 6.07) is 0. The Morgan fingerprint density at radius 1 is 1.52 bits per heavy atom. The zero-order valence-electron chi connectivity index (χ0n) is 11.5. The lowest BCUT2D eigenvalue weighted by molar-refractivity contribution is -0.0899. The van der Waals surface area contributed by atoms with E-state index in [2.05, 4.69) is 9.97 Å². The molecular formula is C13H12F2N4O4. The van der Waals surface area contributed by atoms with Crippen LogP contribution in [-0.4, -0.2) is 54.3 Å². The molecule has 8 nitrogen and oxygen atoms in total. The maximum Gasteiger partial charge on any atom is 0.228 e. The molecule has 0 aromatic carbocycles. The Morgan fingerprint density at radius 3 is 2.78 bits per heavy atom. The third-order valence-corrected chi connectivity index (χ3v) is 3.76. The van der Waals surface area contributed by atoms with Crippen LogP contribution in [0, 0.1) is 18.2 Å². The maximum absolute atomic E-state index is 14.4. The largest absolute Gasteiger partial charge is 0.493 e. The van der Waals surface area contributed by atoms with Gasteiger partial charge in [0.2, 0.25) is 11.8 Å². The summed E-state index contributed by atoms with van der Waals surface area (Å²) in [4.78, 5) is 7.16. The molecule has 3 rings (SSSR count). The average Bonchev–Trinajstić information content (AvgIpc) is 2.96. The predicted molar refractivity (Wildman–Crippen MR) is 73.2 cm³/mol. The van der Waals surface area contributed by atoms with E-state index in [0.29, 0.717) is 0 Å². The molecule has 3 heterocycles. The number of anilines is 1. The number of hydrogen-bond donors (Lipinski definition) is 4. The van der Waals surface area contributed by atoms with E-state index in [1.54, 1.807) is 0 Å². The molecule has 1 saturated heterocycles. The van der Waals surface area contributed by atoms with Crippen LogP contribution < -0.4 is 5.73 Å². The first-order valence-corrected chi connectivity index (χ1v) is 6.45. The Labute approximate surface area is 128 Å². The van der Waals surface area contributed by atoms with Gasteiger partial charge in [-0.1, -0.05) is 5.92 Å². The van der Waals surface area contributed by atoms with Gasteiger partial charge in [-0.3, -0.25) is 4.57 Å². The van der Waals surface area contributed by atoms with Gasteiger partial charge in [0, 0.05) is 6.20 Å². The molecule has 10 heteroatoms. The van der Waals surface area contributed by atoms with Gasteiger partial charge in [0.05, 0.1) is 6.61 Å². The van der Waals surface area contributed by atoms with Gasteiger partial charge >= 0.3 is 0 Å². The lowest BCUT2D eigenvalue weighted by Gasteiger charge is -2.23. The van der Waals surface area contributed by atoms with Crippen molar-refractivity contribution in [3.8, 4) is 18.2 Å². The summed E-state index contributed by atoms with van der Waals surface area (Å²) >= 11 is 0. The highest BCUT2D eigenvalue weighted by Crippen LogP contribution is 2.41. The quantitative estimate of drug-likeness (QED) is 0.545. The normalized spacial score (nSPS) is 30.7. The predicted octanol–water partition coefficient (Wildman–Crippen LogP) is -0.550. The fourth-order valence-electron chi connectivity index (χ4n) is 2.57. The summed E-state index contributed by atoms with van der Waals surface area (Å²) in [6.07, 6.45) is 0.530. The molecule has 0 bridgehead atoms. The van der Waals surface area contributed by atoms with Gasteiger partial charge in [-0.05, 0) is 0 Å². The number of nitrogens with zero attached hydrogens (tertiary/aromatic N) is 3. The Balaban J connectivity index is 2.17. The Bertz CT molecular complexity index is 820. The molecule has 2 aromatic rings. The minimum atomic E-state index is -2.08. The molecule has 2 aromatic heterocycles. The van der Waals surface area contributed by atoms with Crippen molar-refractivity contribution >= 4 is 17.0 Å². The van der Waals surface area contributed by atoms with Crippen molar-refractivity contribution in [1.82, 2.24) is 14.5 Å². The van der Waals surface area contributed by atoms with Crippen LogP contribution in [0.3, 0.4) is 0 Å². The third kappa shape index (κ3) is 2.02. The SMILES string of the molecule is C#CC1(CO)OC(n2cc(F)c3c(O)nc(N)nc32)C(F)C1O. The molecule has 5 N–H and O–H groups in total. The van der Waals surface area contributed by atoms with Crippen molar-refractivity contribution < 1.29 is 28.8 Å². The van der Waals surface area contributed by atoms with E-state index < -0.39 is 42.4 Å². The molecule has 0 saturated carbocycles. The summed E-state index contributed by atoms with van der Waals surface area (Å²) in [6.45, 7) is -0.842. The zero-order chi connectivity index (χ0) is 16.9. The van der Waals surface area contributed by atoms with Gasteiger partial charge in [0.1, 0.15) is 11.5 Å². The number of aliphatic hydroxyl groups is 2. The number of aliphatic hydroxyl groups excluding tert-OH is 2. The van der Waals surface area contributed by atoms with Gasteiger partial charge in [-0.15, -0.1) is 6.42 Å². The molecule has 0 spiro atoms. The van der Waals surface area contributed by atoms with E-state index in [-0.39, 0.29) is 17.0 Å². The van der Waals surface area contributed by atoms with E-state index in [4.69, 9.17) is 16.9 Å². The van der Waals surface area contributed by atoms with Gasteiger partial charge in [-0.2, -0.15) is 9.97 Å². The molecule has 1 aliphatic heterocycles. The summed E-state index contributed by atoms with van der Waals surface area (Å²) in [7, 11) is 0. The second kappa shape index (κ2) is 5.02. The molecule has 0 aliphatic carbocycles. The fraction of sp³-hybridized carbons (Fsp3) is 0.385. The van der Waals surface area contributed by atoms with Gasteiger partial charge in [0.25, 0.3) is 0 Å². The number of fused-ring (bicyclic) bond motifs is 1. The van der Waals surface area contributed by atoms with Crippen molar-refractivity contribution in [2.24, 2.45) is 0 Å². The standard InChI is InChI=1S/C13H12F2N4O4/c1-2-13(4-20)8(21)7(15)11(23-13)19-3-5(14)6-9(19)17-12(16)18-10(6)22/h1,3,7-8,11,20-21H,4H2,(H3,16,17,18,22). The first-order chi connectivity index (χ1) is 10.8. The van der Waals surface area contributed by atoms with Crippen molar-refractivity contribution in [2.45, 2.75) is 24.1 Å². The Morgan fingerprint density at radius 2 is 2.22 bits per heavy atom. The minimum Gasteiger partial charge on any atom is -0.493 e. The van der Waals surface area contributed by atoms with E-state index in [1.807, 2.05) is 5.92 Å². The van der Waals surface area contributed by atoms with Crippen molar-refractivity contribution in [3.05, 3.63) is 12.0 Å². The van der Waals surface area contributed by atoms with E-state index >= 15 is 0 Å². The summed E-state index contributed by atoms with van der Waals surface area (Å²) in [5.41, 5.74) is 3.18. The molecule has 4 atom stereocenters. The molecule has 122 valence electrons. The van der Waals surface area contributed by atoms with Gasteiger partial charge in [0.15, 0.2) is 29.5 Å². The lowest BCUT2D eigenvalue weighted by atomic mass is 9.98. The monoisotopic (exact) mass is 326 g/mol. The fourth-order valence-corrected chi connectivity index (χ4v) is 2.57. The van der Waals surface area contributed by atoms with E-state index in [1.165, 1.54) is 0 Å². The van der Waals surface area contributed by atoms with Crippen LogP contribution in [0.15, 0.2) is 6.20 Å². The van der Waals surface area contributed by atoms with Crippen LogP contribution in [0.2, 0.25) is 0 Å². The number of nitrogens with two attached hydrogens (primary N) is 1. The zero-order valence-corrected chi connectivity index (χ0v) is 11.5. The number of aromatic hydroxyl groups is 1. The topological polar surface area (TPSA) is 127 Å². The molecule has 23 heavy (non-hydrogen) atoms. The number of nitrogen functional groups attached to an aromatic ring is 1. The molecule has 0 radical (unpaired) electrons. The number of aromatic nitrogens is 3. The molecule has 1 aliphatic rings. The first kappa shape index (κ1) is 15.4.